The molecule has 6 heteroatoms. The van der Waals surface area contributed by atoms with Gasteiger partial charge in [-0.3, -0.25) is 4.79 Å². The van der Waals surface area contributed by atoms with Gasteiger partial charge in [0.1, 0.15) is 0 Å². The summed E-state index contributed by atoms with van der Waals surface area (Å²) in [7, 11) is 0. The molecule has 1 saturated heterocycles. The van der Waals surface area contributed by atoms with Crippen LogP contribution in [-0.2, 0) is 9.53 Å². The standard InChI is InChI=1S/C14H26N2O4/c1-3-5-11(8-13(17)18)16-14(19)15-9-10-6-7-20-12(10)4-2/h10-12H,3-9H2,1-2H3,(H,17,18)(H2,15,16,19). The molecule has 2 amide bonds. The van der Waals surface area contributed by atoms with Gasteiger partial charge in [0.05, 0.1) is 12.5 Å². The van der Waals surface area contributed by atoms with Crippen molar-refractivity contribution in [1.82, 2.24) is 10.6 Å². The molecule has 0 aliphatic carbocycles. The Bertz CT molecular complexity index is 322. The van der Waals surface area contributed by atoms with E-state index in [2.05, 4.69) is 17.6 Å². The predicted molar refractivity (Wildman–Crippen MR) is 75.6 cm³/mol. The molecule has 20 heavy (non-hydrogen) atoms. The molecular formula is C14H26N2O4. The Morgan fingerprint density at radius 1 is 1.40 bits per heavy atom. The number of carboxylic acid groups (broad SMARTS) is 1. The maximum atomic E-state index is 11.8. The van der Waals surface area contributed by atoms with Gasteiger partial charge in [-0.15, -0.1) is 0 Å². The van der Waals surface area contributed by atoms with Gasteiger partial charge in [-0.1, -0.05) is 20.3 Å². The molecule has 1 aliphatic rings. The third-order valence-corrected chi connectivity index (χ3v) is 3.67. The van der Waals surface area contributed by atoms with Crippen LogP contribution in [0.4, 0.5) is 4.79 Å². The summed E-state index contributed by atoms with van der Waals surface area (Å²) in [5, 5.41) is 14.4. The number of carbonyl (C=O) groups is 2. The Labute approximate surface area is 120 Å². The molecule has 0 aromatic carbocycles. The second-order valence-electron chi connectivity index (χ2n) is 5.30. The lowest BCUT2D eigenvalue weighted by molar-refractivity contribution is -0.137. The minimum absolute atomic E-state index is 0.0363. The highest BCUT2D eigenvalue weighted by molar-refractivity contribution is 5.75. The van der Waals surface area contributed by atoms with E-state index in [1.807, 2.05) is 6.92 Å². The number of carbonyl (C=O) groups excluding carboxylic acids is 1. The number of ether oxygens (including phenoxy) is 1. The second-order valence-corrected chi connectivity index (χ2v) is 5.30. The first kappa shape index (κ1) is 16.8. The van der Waals surface area contributed by atoms with Crippen LogP contribution >= 0.6 is 0 Å². The van der Waals surface area contributed by atoms with Crippen LogP contribution in [0.3, 0.4) is 0 Å². The molecule has 1 aliphatic heterocycles. The SMILES string of the molecule is CCCC(CC(=O)O)NC(=O)NCC1CCOC1CC. The molecule has 3 unspecified atom stereocenters. The van der Waals surface area contributed by atoms with Gasteiger partial charge in [-0.05, 0) is 19.3 Å². The van der Waals surface area contributed by atoms with Crippen molar-refractivity contribution in [2.24, 2.45) is 5.92 Å². The van der Waals surface area contributed by atoms with E-state index in [4.69, 9.17) is 9.84 Å². The zero-order valence-electron chi connectivity index (χ0n) is 12.4. The largest absolute Gasteiger partial charge is 0.481 e. The number of aliphatic carboxylic acids is 1. The van der Waals surface area contributed by atoms with E-state index in [0.717, 1.165) is 25.9 Å². The molecule has 6 nitrogen and oxygen atoms in total. The van der Waals surface area contributed by atoms with Gasteiger partial charge in [-0.25, -0.2) is 4.79 Å². The van der Waals surface area contributed by atoms with Crippen molar-refractivity contribution in [1.29, 1.82) is 0 Å². The van der Waals surface area contributed by atoms with E-state index in [-0.39, 0.29) is 24.6 Å². The average molecular weight is 286 g/mol. The van der Waals surface area contributed by atoms with Crippen molar-refractivity contribution in [2.75, 3.05) is 13.2 Å². The zero-order valence-corrected chi connectivity index (χ0v) is 12.4. The van der Waals surface area contributed by atoms with Gasteiger partial charge in [-0.2, -0.15) is 0 Å². The highest BCUT2D eigenvalue weighted by atomic mass is 16.5. The van der Waals surface area contributed by atoms with Gasteiger partial charge in [0.2, 0.25) is 0 Å². The molecule has 1 fully saturated rings. The van der Waals surface area contributed by atoms with Crippen molar-refractivity contribution in [3.8, 4) is 0 Å². The molecule has 0 aromatic heterocycles. The fourth-order valence-corrected chi connectivity index (χ4v) is 2.62. The number of hydrogen-bond donors (Lipinski definition) is 3. The molecule has 1 heterocycles. The van der Waals surface area contributed by atoms with Crippen molar-refractivity contribution >= 4 is 12.0 Å². The summed E-state index contributed by atoms with van der Waals surface area (Å²) in [6, 6.07) is -0.592. The van der Waals surface area contributed by atoms with Gasteiger partial charge in [0.15, 0.2) is 0 Å². The van der Waals surface area contributed by atoms with Crippen molar-refractivity contribution in [3.05, 3.63) is 0 Å². The van der Waals surface area contributed by atoms with E-state index in [1.165, 1.54) is 0 Å². The van der Waals surface area contributed by atoms with Crippen LogP contribution in [0.2, 0.25) is 0 Å². The van der Waals surface area contributed by atoms with E-state index in [0.29, 0.717) is 18.9 Å². The summed E-state index contributed by atoms with van der Waals surface area (Å²) in [5.74, 6) is -0.533. The van der Waals surface area contributed by atoms with Crippen LogP contribution < -0.4 is 10.6 Å². The molecule has 0 aromatic rings. The number of urea groups is 1. The Morgan fingerprint density at radius 2 is 2.15 bits per heavy atom. The molecule has 0 radical (unpaired) electrons. The van der Waals surface area contributed by atoms with Crippen LogP contribution in [0, 0.1) is 5.92 Å². The van der Waals surface area contributed by atoms with Crippen LogP contribution in [0.25, 0.3) is 0 Å². The zero-order chi connectivity index (χ0) is 15.0. The fraction of sp³-hybridized carbons (Fsp3) is 0.857. The van der Waals surface area contributed by atoms with Crippen LogP contribution in [0.15, 0.2) is 0 Å². The maximum Gasteiger partial charge on any atom is 0.315 e. The minimum atomic E-state index is -0.890. The Kier molecular flexibility index (Phi) is 7.36. The molecular weight excluding hydrogens is 260 g/mol. The molecule has 0 bridgehead atoms. The van der Waals surface area contributed by atoms with Crippen molar-refractivity contribution in [2.45, 2.75) is 58.1 Å². The summed E-state index contributed by atoms with van der Waals surface area (Å²) in [4.78, 5) is 22.5. The van der Waals surface area contributed by atoms with E-state index in [9.17, 15) is 9.59 Å². The van der Waals surface area contributed by atoms with Gasteiger partial charge in [0, 0.05) is 25.1 Å². The Balaban J connectivity index is 2.32. The molecule has 3 atom stereocenters. The maximum absolute atomic E-state index is 11.8. The summed E-state index contributed by atoms with van der Waals surface area (Å²) in [5.41, 5.74) is 0. The van der Waals surface area contributed by atoms with Gasteiger partial charge >= 0.3 is 12.0 Å². The first-order valence-electron chi connectivity index (χ1n) is 7.44. The molecule has 116 valence electrons. The average Bonchev–Trinajstić information content (AvgIpc) is 2.83. The number of rotatable bonds is 8. The van der Waals surface area contributed by atoms with E-state index in [1.54, 1.807) is 0 Å². The van der Waals surface area contributed by atoms with E-state index >= 15 is 0 Å². The smallest absolute Gasteiger partial charge is 0.315 e. The summed E-state index contributed by atoms with van der Waals surface area (Å²) in [6.45, 7) is 5.38. The monoisotopic (exact) mass is 286 g/mol. The quantitative estimate of drug-likeness (QED) is 0.634. The number of amides is 2. The van der Waals surface area contributed by atoms with Gasteiger partial charge in [0.25, 0.3) is 0 Å². The number of carboxylic acids is 1. The number of hydrogen-bond acceptors (Lipinski definition) is 3. The lowest BCUT2D eigenvalue weighted by atomic mass is 10.00. The Morgan fingerprint density at radius 3 is 2.75 bits per heavy atom. The predicted octanol–water partition coefficient (Wildman–Crippen LogP) is 1.74. The summed E-state index contributed by atoms with van der Waals surface area (Å²) < 4.78 is 5.57. The first-order valence-corrected chi connectivity index (χ1v) is 7.44. The van der Waals surface area contributed by atoms with Crippen LogP contribution in [0.1, 0.15) is 46.0 Å². The minimum Gasteiger partial charge on any atom is -0.481 e. The Hall–Kier alpha value is -1.30. The van der Waals surface area contributed by atoms with Gasteiger partial charge < -0.3 is 20.5 Å². The van der Waals surface area contributed by atoms with Crippen molar-refractivity contribution < 1.29 is 19.4 Å². The third-order valence-electron chi connectivity index (χ3n) is 3.67. The second kappa shape index (κ2) is 8.79. The topological polar surface area (TPSA) is 87.7 Å². The van der Waals surface area contributed by atoms with Crippen LogP contribution in [0.5, 0.6) is 0 Å². The highest BCUT2D eigenvalue weighted by Gasteiger charge is 2.27. The summed E-state index contributed by atoms with van der Waals surface area (Å²) in [6.07, 6.45) is 3.61. The molecule has 3 N–H and O–H groups in total. The highest BCUT2D eigenvalue weighted by Crippen LogP contribution is 2.22. The summed E-state index contributed by atoms with van der Waals surface area (Å²) >= 11 is 0. The van der Waals surface area contributed by atoms with E-state index < -0.39 is 5.97 Å². The molecule has 0 spiro atoms. The van der Waals surface area contributed by atoms with Crippen molar-refractivity contribution in [3.63, 3.8) is 0 Å². The lowest BCUT2D eigenvalue weighted by Gasteiger charge is -2.20. The normalized spacial score (nSPS) is 23.3. The molecule has 1 rings (SSSR count). The lowest BCUT2D eigenvalue weighted by Crippen LogP contribution is -2.45. The van der Waals surface area contributed by atoms with Crippen LogP contribution in [-0.4, -0.2) is 42.4 Å². The molecule has 0 saturated carbocycles. The fourth-order valence-electron chi connectivity index (χ4n) is 2.62. The third kappa shape index (κ3) is 5.77. The first-order chi connectivity index (χ1) is 9.56. The number of nitrogens with one attached hydrogen (secondary N) is 2.